The van der Waals surface area contributed by atoms with E-state index in [0.29, 0.717) is 5.91 Å². The summed E-state index contributed by atoms with van der Waals surface area (Å²) in [6, 6.07) is 10.2. The molecule has 3 nitrogen and oxygen atoms in total. The Labute approximate surface area is 102 Å². The van der Waals surface area contributed by atoms with Crippen molar-refractivity contribution in [1.82, 2.24) is 10.2 Å². The minimum Gasteiger partial charge on any atom is -0.338 e. The first-order chi connectivity index (χ1) is 8.30. The fourth-order valence-corrected chi connectivity index (χ4v) is 2.99. The van der Waals surface area contributed by atoms with Gasteiger partial charge in [-0.25, -0.2) is 0 Å². The van der Waals surface area contributed by atoms with Crippen LogP contribution in [-0.4, -0.2) is 30.4 Å². The van der Waals surface area contributed by atoms with E-state index in [0.717, 1.165) is 39.0 Å². The third-order valence-corrected chi connectivity index (χ3v) is 4.06. The Balaban J connectivity index is 1.72. The van der Waals surface area contributed by atoms with Gasteiger partial charge in [0.25, 0.3) is 0 Å². The summed E-state index contributed by atoms with van der Waals surface area (Å²) in [5, 5.41) is 3.32. The van der Waals surface area contributed by atoms with E-state index in [4.69, 9.17) is 0 Å². The molecule has 1 atom stereocenters. The fourth-order valence-electron chi connectivity index (χ4n) is 2.99. The largest absolute Gasteiger partial charge is 0.338 e. The van der Waals surface area contributed by atoms with Crippen molar-refractivity contribution in [3.05, 3.63) is 35.9 Å². The molecular weight excluding hydrogens is 212 g/mol. The van der Waals surface area contributed by atoms with Crippen LogP contribution >= 0.6 is 0 Å². The van der Waals surface area contributed by atoms with Gasteiger partial charge in [-0.05, 0) is 24.9 Å². The zero-order valence-electron chi connectivity index (χ0n) is 9.98. The van der Waals surface area contributed by atoms with Crippen LogP contribution in [0.4, 0.5) is 0 Å². The molecule has 1 N–H and O–H groups in total. The molecule has 2 heterocycles. The summed E-state index contributed by atoms with van der Waals surface area (Å²) in [4.78, 5) is 14.4. The van der Waals surface area contributed by atoms with Gasteiger partial charge in [0.2, 0.25) is 5.91 Å². The third-order valence-electron chi connectivity index (χ3n) is 4.06. The lowest BCUT2D eigenvalue weighted by Gasteiger charge is -2.21. The van der Waals surface area contributed by atoms with E-state index in [2.05, 4.69) is 17.4 Å². The monoisotopic (exact) mass is 230 g/mol. The average Bonchev–Trinajstić information content (AvgIpc) is 2.95. The molecule has 17 heavy (non-hydrogen) atoms. The zero-order valence-corrected chi connectivity index (χ0v) is 9.98. The fraction of sp³-hybridized carbons (Fsp3) is 0.500. The van der Waals surface area contributed by atoms with Crippen LogP contribution in [0.25, 0.3) is 0 Å². The number of likely N-dealkylation sites (tertiary alicyclic amines) is 1. The number of nitrogens with one attached hydrogen (secondary N) is 1. The van der Waals surface area contributed by atoms with Gasteiger partial charge in [0.15, 0.2) is 0 Å². The van der Waals surface area contributed by atoms with Crippen molar-refractivity contribution in [3.63, 3.8) is 0 Å². The molecule has 2 saturated heterocycles. The van der Waals surface area contributed by atoms with Gasteiger partial charge < -0.3 is 10.2 Å². The second kappa shape index (κ2) is 4.15. The molecule has 1 amide bonds. The summed E-state index contributed by atoms with van der Waals surface area (Å²) in [5.74, 6) is 0.353. The molecule has 3 rings (SSSR count). The second-order valence-corrected chi connectivity index (χ2v) is 5.17. The van der Waals surface area contributed by atoms with Gasteiger partial charge in [-0.3, -0.25) is 4.79 Å². The Hall–Kier alpha value is -1.35. The maximum Gasteiger partial charge on any atom is 0.230 e. The number of rotatable bonds is 2. The van der Waals surface area contributed by atoms with Crippen LogP contribution in [0.1, 0.15) is 18.4 Å². The number of carbonyl (C=O) groups excluding carboxylic acids is 1. The van der Waals surface area contributed by atoms with Crippen LogP contribution in [0.15, 0.2) is 30.3 Å². The van der Waals surface area contributed by atoms with Crippen LogP contribution in [0, 0.1) is 5.41 Å². The summed E-state index contributed by atoms with van der Waals surface area (Å²) < 4.78 is 0. The maximum atomic E-state index is 12.4. The molecule has 0 radical (unpaired) electrons. The van der Waals surface area contributed by atoms with Gasteiger partial charge in [0.05, 0.1) is 5.41 Å². The SMILES string of the molecule is O=C1N(Cc2ccccc2)CCC12CCNC2. The van der Waals surface area contributed by atoms with Crippen molar-refractivity contribution in [3.8, 4) is 0 Å². The van der Waals surface area contributed by atoms with Crippen molar-refractivity contribution in [2.24, 2.45) is 5.41 Å². The second-order valence-electron chi connectivity index (χ2n) is 5.17. The molecule has 3 heteroatoms. The van der Waals surface area contributed by atoms with Crippen molar-refractivity contribution in [2.45, 2.75) is 19.4 Å². The predicted molar refractivity (Wildman–Crippen MR) is 66.4 cm³/mol. The molecule has 0 bridgehead atoms. The molecule has 1 aromatic carbocycles. The van der Waals surface area contributed by atoms with Crippen molar-refractivity contribution < 1.29 is 4.79 Å². The molecule has 2 aliphatic heterocycles. The highest BCUT2D eigenvalue weighted by atomic mass is 16.2. The minimum atomic E-state index is -0.0746. The molecular formula is C14H18N2O. The Bertz CT molecular complexity index is 409. The highest BCUT2D eigenvalue weighted by molar-refractivity contribution is 5.85. The smallest absolute Gasteiger partial charge is 0.230 e. The van der Waals surface area contributed by atoms with Gasteiger partial charge in [0.1, 0.15) is 0 Å². The summed E-state index contributed by atoms with van der Waals surface area (Å²) in [6.07, 6.45) is 2.03. The van der Waals surface area contributed by atoms with Crippen LogP contribution in [0.5, 0.6) is 0 Å². The molecule has 0 aromatic heterocycles. The number of carbonyl (C=O) groups is 1. The average molecular weight is 230 g/mol. The number of hydrogen-bond donors (Lipinski definition) is 1. The standard InChI is InChI=1S/C14H18N2O/c17-13-14(6-8-15-11-14)7-9-16(13)10-12-4-2-1-3-5-12/h1-5,15H,6-11H2. The maximum absolute atomic E-state index is 12.4. The van der Waals surface area contributed by atoms with E-state index >= 15 is 0 Å². The molecule has 1 spiro atoms. The van der Waals surface area contributed by atoms with Crippen LogP contribution in [0.2, 0.25) is 0 Å². The molecule has 0 saturated carbocycles. The van der Waals surface area contributed by atoms with Gasteiger partial charge in [-0.2, -0.15) is 0 Å². The predicted octanol–water partition coefficient (Wildman–Crippen LogP) is 1.40. The molecule has 0 aliphatic carbocycles. The van der Waals surface area contributed by atoms with E-state index in [1.165, 1.54) is 5.56 Å². The van der Waals surface area contributed by atoms with E-state index in [9.17, 15) is 4.79 Å². The van der Waals surface area contributed by atoms with Crippen molar-refractivity contribution >= 4 is 5.91 Å². The Morgan fingerprint density at radius 1 is 1.24 bits per heavy atom. The van der Waals surface area contributed by atoms with Crippen LogP contribution in [0.3, 0.4) is 0 Å². The first kappa shape index (κ1) is 10.8. The molecule has 1 aromatic rings. The molecule has 2 aliphatic rings. The van der Waals surface area contributed by atoms with Gasteiger partial charge in [-0.15, -0.1) is 0 Å². The van der Waals surface area contributed by atoms with Crippen molar-refractivity contribution in [2.75, 3.05) is 19.6 Å². The summed E-state index contributed by atoms with van der Waals surface area (Å²) in [5.41, 5.74) is 1.15. The number of amides is 1. The quantitative estimate of drug-likeness (QED) is 0.833. The van der Waals surface area contributed by atoms with Gasteiger partial charge in [0, 0.05) is 19.6 Å². The Kier molecular flexibility index (Phi) is 2.63. The first-order valence-corrected chi connectivity index (χ1v) is 6.34. The number of benzene rings is 1. The van der Waals surface area contributed by atoms with E-state index in [-0.39, 0.29) is 5.41 Å². The van der Waals surface area contributed by atoms with Gasteiger partial charge in [-0.1, -0.05) is 30.3 Å². The lowest BCUT2D eigenvalue weighted by Crippen LogP contribution is -2.35. The molecule has 1 unspecified atom stereocenters. The highest BCUT2D eigenvalue weighted by Gasteiger charge is 2.47. The number of hydrogen-bond acceptors (Lipinski definition) is 2. The molecule has 2 fully saturated rings. The summed E-state index contributed by atoms with van der Waals surface area (Å²) >= 11 is 0. The number of nitrogens with zero attached hydrogens (tertiary/aromatic N) is 1. The Morgan fingerprint density at radius 2 is 2.06 bits per heavy atom. The topological polar surface area (TPSA) is 32.3 Å². The molecule has 90 valence electrons. The van der Waals surface area contributed by atoms with E-state index < -0.39 is 0 Å². The minimum absolute atomic E-state index is 0.0746. The lowest BCUT2D eigenvalue weighted by atomic mass is 9.86. The van der Waals surface area contributed by atoms with Gasteiger partial charge >= 0.3 is 0 Å². The van der Waals surface area contributed by atoms with Crippen molar-refractivity contribution in [1.29, 1.82) is 0 Å². The summed E-state index contributed by atoms with van der Waals surface area (Å²) in [7, 11) is 0. The van der Waals surface area contributed by atoms with E-state index in [1.54, 1.807) is 0 Å². The Morgan fingerprint density at radius 3 is 2.76 bits per heavy atom. The highest BCUT2D eigenvalue weighted by Crippen LogP contribution is 2.37. The van der Waals surface area contributed by atoms with Crippen LogP contribution < -0.4 is 5.32 Å². The van der Waals surface area contributed by atoms with E-state index in [1.807, 2.05) is 23.1 Å². The summed E-state index contributed by atoms with van der Waals surface area (Å²) in [6.45, 7) is 3.54. The zero-order chi connectivity index (χ0) is 11.7. The third kappa shape index (κ3) is 1.84. The van der Waals surface area contributed by atoms with Crippen LogP contribution in [-0.2, 0) is 11.3 Å². The lowest BCUT2D eigenvalue weighted by molar-refractivity contribution is -0.135. The normalized spacial score (nSPS) is 28.2. The first-order valence-electron chi connectivity index (χ1n) is 6.34.